The average Bonchev–Trinajstić information content (AvgIpc) is 2.61. The Kier molecular flexibility index (Phi) is 3.11. The van der Waals surface area contributed by atoms with E-state index >= 15 is 0 Å². The Bertz CT molecular complexity index is 354. The summed E-state index contributed by atoms with van der Waals surface area (Å²) >= 11 is 0. The van der Waals surface area contributed by atoms with Gasteiger partial charge in [0.15, 0.2) is 5.71 Å². The van der Waals surface area contributed by atoms with E-state index in [2.05, 4.69) is 5.10 Å². The zero-order chi connectivity index (χ0) is 12.6. The number of aliphatic hydroxyl groups is 1. The maximum absolute atomic E-state index is 12.4. The molecule has 2 rings (SSSR count). The van der Waals surface area contributed by atoms with Gasteiger partial charge in [-0.25, -0.2) is 5.01 Å². The third-order valence-corrected chi connectivity index (χ3v) is 3.14. The van der Waals surface area contributed by atoms with E-state index in [9.17, 15) is 23.1 Å². The van der Waals surface area contributed by atoms with Crippen molar-refractivity contribution in [2.45, 2.75) is 50.4 Å². The van der Waals surface area contributed by atoms with Crippen molar-refractivity contribution < 1.29 is 23.1 Å². The van der Waals surface area contributed by atoms with Crippen molar-refractivity contribution in [2.24, 2.45) is 5.10 Å². The van der Waals surface area contributed by atoms with E-state index in [0.717, 1.165) is 17.9 Å². The summed E-state index contributed by atoms with van der Waals surface area (Å²) < 4.78 is 37.2. The van der Waals surface area contributed by atoms with Gasteiger partial charge in [0.2, 0.25) is 5.91 Å². The Labute approximate surface area is 96.1 Å². The number of hydrogen-bond acceptors (Lipinski definition) is 3. The molecule has 0 aromatic carbocycles. The van der Waals surface area contributed by atoms with Gasteiger partial charge in [-0.1, -0.05) is 12.8 Å². The predicted molar refractivity (Wildman–Crippen MR) is 53.2 cm³/mol. The third-order valence-electron chi connectivity index (χ3n) is 3.14. The summed E-state index contributed by atoms with van der Waals surface area (Å²) in [5.74, 6) is -0.678. The molecule has 1 heterocycles. The van der Waals surface area contributed by atoms with Crippen LogP contribution in [0.4, 0.5) is 13.2 Å². The Morgan fingerprint density at radius 1 is 1.29 bits per heavy atom. The van der Waals surface area contributed by atoms with Gasteiger partial charge in [0, 0.05) is 0 Å². The number of hydrazone groups is 1. The summed E-state index contributed by atoms with van der Waals surface area (Å²) in [6, 6.07) is -0.601. The second kappa shape index (κ2) is 4.29. The Balaban J connectivity index is 2.15. The van der Waals surface area contributed by atoms with E-state index in [0.29, 0.717) is 12.8 Å². The summed E-state index contributed by atoms with van der Waals surface area (Å²) in [7, 11) is 0. The molecule has 0 aromatic heterocycles. The van der Waals surface area contributed by atoms with Gasteiger partial charge >= 0.3 is 6.18 Å². The molecular formula is C10H13F3N2O2. The molecule has 0 saturated heterocycles. The van der Waals surface area contributed by atoms with Crippen LogP contribution in [0.3, 0.4) is 0 Å². The van der Waals surface area contributed by atoms with Crippen LogP contribution in [-0.4, -0.2) is 40.1 Å². The van der Waals surface area contributed by atoms with Crippen molar-refractivity contribution in [3.63, 3.8) is 0 Å². The summed E-state index contributed by atoms with van der Waals surface area (Å²) in [5.41, 5.74) is -1.07. The van der Waals surface area contributed by atoms with E-state index in [1.165, 1.54) is 0 Å². The fourth-order valence-corrected chi connectivity index (χ4v) is 2.24. The summed E-state index contributed by atoms with van der Waals surface area (Å²) in [5, 5.41) is 13.8. The standard InChI is InChI=1S/C10H13F3N2O2/c11-10(12,13)8-5-9(17)15(14-8)6-3-1-2-4-7(6)16/h6-7,16H,1-5H2. The monoisotopic (exact) mass is 250 g/mol. The molecule has 1 aliphatic heterocycles. The summed E-state index contributed by atoms with van der Waals surface area (Å²) in [6.45, 7) is 0. The lowest BCUT2D eigenvalue weighted by molar-refractivity contribution is -0.134. The smallest absolute Gasteiger partial charge is 0.391 e. The highest BCUT2D eigenvalue weighted by molar-refractivity contribution is 6.07. The van der Waals surface area contributed by atoms with Crippen LogP contribution in [-0.2, 0) is 4.79 Å². The molecule has 1 aliphatic carbocycles. The first-order valence-corrected chi connectivity index (χ1v) is 5.54. The Morgan fingerprint density at radius 3 is 2.47 bits per heavy atom. The quantitative estimate of drug-likeness (QED) is 0.765. The van der Waals surface area contributed by atoms with Crippen LogP contribution in [0.2, 0.25) is 0 Å². The number of carbonyl (C=O) groups is 1. The van der Waals surface area contributed by atoms with Gasteiger partial charge in [0.25, 0.3) is 0 Å². The van der Waals surface area contributed by atoms with E-state index in [1.54, 1.807) is 0 Å². The summed E-state index contributed by atoms with van der Waals surface area (Å²) in [4.78, 5) is 11.5. The normalized spacial score (nSPS) is 30.7. The lowest BCUT2D eigenvalue weighted by atomic mass is 9.92. The van der Waals surface area contributed by atoms with E-state index < -0.39 is 36.4 Å². The topological polar surface area (TPSA) is 52.9 Å². The zero-order valence-corrected chi connectivity index (χ0v) is 9.07. The first-order valence-electron chi connectivity index (χ1n) is 5.54. The van der Waals surface area contributed by atoms with Crippen LogP contribution < -0.4 is 0 Å². The van der Waals surface area contributed by atoms with Crippen molar-refractivity contribution in [2.75, 3.05) is 0 Å². The molecule has 0 spiro atoms. The molecule has 4 nitrogen and oxygen atoms in total. The van der Waals surface area contributed by atoms with Crippen LogP contribution in [0.5, 0.6) is 0 Å². The zero-order valence-electron chi connectivity index (χ0n) is 9.07. The Morgan fingerprint density at radius 2 is 1.94 bits per heavy atom. The molecular weight excluding hydrogens is 237 g/mol. The van der Waals surface area contributed by atoms with Crippen molar-refractivity contribution in [1.82, 2.24) is 5.01 Å². The van der Waals surface area contributed by atoms with Gasteiger partial charge in [-0.05, 0) is 12.8 Å². The highest BCUT2D eigenvalue weighted by Crippen LogP contribution is 2.30. The maximum Gasteiger partial charge on any atom is 0.431 e. The molecule has 2 aliphatic rings. The molecule has 0 bridgehead atoms. The number of nitrogens with zero attached hydrogens (tertiary/aromatic N) is 2. The molecule has 2 atom stereocenters. The SMILES string of the molecule is O=C1CC(C(F)(F)F)=NN1C1CCCCC1O. The second-order valence-electron chi connectivity index (χ2n) is 4.38. The second-order valence-corrected chi connectivity index (χ2v) is 4.38. The molecule has 0 radical (unpaired) electrons. The molecule has 0 aromatic rings. The average molecular weight is 250 g/mol. The lowest BCUT2D eigenvalue weighted by Crippen LogP contribution is -2.43. The van der Waals surface area contributed by atoms with Crippen LogP contribution in [0.1, 0.15) is 32.1 Å². The minimum atomic E-state index is -4.57. The fraction of sp³-hybridized carbons (Fsp3) is 0.800. The molecule has 2 unspecified atom stereocenters. The highest BCUT2D eigenvalue weighted by atomic mass is 19.4. The van der Waals surface area contributed by atoms with Crippen LogP contribution in [0.25, 0.3) is 0 Å². The molecule has 1 N–H and O–H groups in total. The molecule has 1 amide bonds. The predicted octanol–water partition coefficient (Wildman–Crippen LogP) is 1.44. The number of alkyl halides is 3. The van der Waals surface area contributed by atoms with Crippen LogP contribution in [0, 0.1) is 0 Å². The van der Waals surface area contributed by atoms with Crippen molar-refractivity contribution in [1.29, 1.82) is 0 Å². The first kappa shape index (κ1) is 12.3. The molecule has 7 heteroatoms. The molecule has 1 fully saturated rings. The Hall–Kier alpha value is -1.11. The highest BCUT2D eigenvalue weighted by Gasteiger charge is 2.45. The number of halogens is 3. The number of amides is 1. The number of hydrogen-bond donors (Lipinski definition) is 1. The van der Waals surface area contributed by atoms with Crippen molar-refractivity contribution in [3.8, 4) is 0 Å². The van der Waals surface area contributed by atoms with Crippen molar-refractivity contribution >= 4 is 11.6 Å². The minimum Gasteiger partial charge on any atom is -0.391 e. The third kappa shape index (κ3) is 2.43. The van der Waals surface area contributed by atoms with Crippen LogP contribution in [0.15, 0.2) is 5.10 Å². The molecule has 1 saturated carbocycles. The van der Waals surface area contributed by atoms with Gasteiger partial charge < -0.3 is 5.11 Å². The number of aliphatic hydroxyl groups excluding tert-OH is 1. The van der Waals surface area contributed by atoms with Crippen LogP contribution >= 0.6 is 0 Å². The van der Waals surface area contributed by atoms with E-state index in [-0.39, 0.29) is 0 Å². The van der Waals surface area contributed by atoms with Crippen molar-refractivity contribution in [3.05, 3.63) is 0 Å². The van der Waals surface area contributed by atoms with Gasteiger partial charge in [-0.2, -0.15) is 18.3 Å². The molecule has 17 heavy (non-hydrogen) atoms. The largest absolute Gasteiger partial charge is 0.431 e. The van der Waals surface area contributed by atoms with Gasteiger partial charge in [0.1, 0.15) is 0 Å². The van der Waals surface area contributed by atoms with Gasteiger partial charge in [-0.15, -0.1) is 0 Å². The fourth-order valence-electron chi connectivity index (χ4n) is 2.24. The number of rotatable bonds is 1. The van der Waals surface area contributed by atoms with E-state index in [4.69, 9.17) is 0 Å². The maximum atomic E-state index is 12.4. The van der Waals surface area contributed by atoms with E-state index in [1.807, 2.05) is 0 Å². The number of carbonyl (C=O) groups excluding carboxylic acids is 1. The lowest BCUT2D eigenvalue weighted by Gasteiger charge is -2.32. The van der Waals surface area contributed by atoms with Gasteiger partial charge in [-0.3, -0.25) is 4.79 Å². The minimum absolute atomic E-state index is 0.502. The summed E-state index contributed by atoms with van der Waals surface area (Å²) in [6.07, 6.45) is -3.43. The molecule has 96 valence electrons. The first-order chi connectivity index (χ1) is 7.89. The van der Waals surface area contributed by atoms with Gasteiger partial charge in [0.05, 0.1) is 18.6 Å².